The maximum Gasteiger partial charge on any atom is 0.271 e. The lowest BCUT2D eigenvalue weighted by Gasteiger charge is -2.35. The molecule has 0 saturated carbocycles. The second kappa shape index (κ2) is 12.9. The average molecular weight is 581 g/mol. The number of hydrogen-bond acceptors (Lipinski definition) is 6. The zero-order valence-corrected chi connectivity index (χ0v) is 24.7. The molecule has 3 aromatic rings. The van der Waals surface area contributed by atoms with Crippen molar-refractivity contribution >= 4 is 33.2 Å². The van der Waals surface area contributed by atoms with Crippen LogP contribution in [-0.4, -0.2) is 54.4 Å². The summed E-state index contributed by atoms with van der Waals surface area (Å²) >= 11 is 0. The zero-order valence-electron chi connectivity index (χ0n) is 23.9. The van der Waals surface area contributed by atoms with Crippen molar-refractivity contribution in [2.24, 2.45) is 0 Å². The van der Waals surface area contributed by atoms with Gasteiger partial charge in [0, 0.05) is 30.6 Å². The summed E-state index contributed by atoms with van der Waals surface area (Å²) in [5.41, 5.74) is 1.62. The number of aryl methyl sites for hydroxylation is 1. The molecule has 0 heterocycles. The van der Waals surface area contributed by atoms with Gasteiger partial charge in [-0.15, -0.1) is 0 Å². The van der Waals surface area contributed by atoms with Gasteiger partial charge in [-0.05, 0) is 44.9 Å². The number of non-ortho nitro benzene ring substituents is 1. The van der Waals surface area contributed by atoms with Crippen LogP contribution in [0.2, 0.25) is 0 Å². The fourth-order valence-corrected chi connectivity index (χ4v) is 5.23. The maximum atomic E-state index is 14.1. The first-order valence-corrected chi connectivity index (χ1v) is 14.9. The van der Waals surface area contributed by atoms with Crippen LogP contribution < -0.4 is 9.62 Å². The Morgan fingerprint density at radius 1 is 0.951 bits per heavy atom. The molecule has 0 aliphatic carbocycles. The predicted octanol–water partition coefficient (Wildman–Crippen LogP) is 4.22. The lowest BCUT2D eigenvalue weighted by atomic mass is 10.0. The average Bonchev–Trinajstić information content (AvgIpc) is 2.88. The summed E-state index contributed by atoms with van der Waals surface area (Å²) in [6.07, 6.45) is 1.12. The number of anilines is 1. The van der Waals surface area contributed by atoms with Crippen molar-refractivity contribution in [3.63, 3.8) is 0 Å². The van der Waals surface area contributed by atoms with Crippen LogP contribution in [0.1, 0.15) is 37.5 Å². The van der Waals surface area contributed by atoms with E-state index in [9.17, 15) is 28.1 Å². The van der Waals surface area contributed by atoms with Gasteiger partial charge in [-0.3, -0.25) is 24.0 Å². The standard InChI is InChI=1S/C30H36N4O6S/c1-22-11-9-14-24(17-22)20-32(27(29(36)31-30(2,3)4)18-23-12-7-6-8-13-23)28(35)21-33(41(5,39)40)25-15-10-16-26(19-25)34(37)38/h6-17,19,27H,18,20-21H2,1-5H3,(H,31,36)/t27-/m1/s1. The molecule has 0 aliphatic rings. The number of carbonyl (C=O) groups is 2. The third kappa shape index (κ3) is 9.14. The molecule has 0 aliphatic heterocycles. The van der Waals surface area contributed by atoms with E-state index >= 15 is 0 Å². The minimum absolute atomic E-state index is 0.0238. The zero-order chi connectivity index (χ0) is 30.4. The lowest BCUT2D eigenvalue weighted by molar-refractivity contribution is -0.384. The second-order valence-electron chi connectivity index (χ2n) is 11.0. The van der Waals surface area contributed by atoms with Gasteiger partial charge in [0.05, 0.1) is 16.9 Å². The van der Waals surface area contributed by atoms with E-state index in [-0.39, 0.29) is 30.2 Å². The lowest BCUT2D eigenvalue weighted by Crippen LogP contribution is -2.56. The fourth-order valence-electron chi connectivity index (χ4n) is 4.39. The van der Waals surface area contributed by atoms with Gasteiger partial charge in [0.1, 0.15) is 12.6 Å². The van der Waals surface area contributed by atoms with Gasteiger partial charge in [0.25, 0.3) is 5.69 Å². The first-order valence-electron chi connectivity index (χ1n) is 13.1. The number of carbonyl (C=O) groups excluding carboxylic acids is 2. The van der Waals surface area contributed by atoms with Gasteiger partial charge >= 0.3 is 0 Å². The van der Waals surface area contributed by atoms with Gasteiger partial charge in [-0.2, -0.15) is 0 Å². The molecule has 0 saturated heterocycles. The van der Waals surface area contributed by atoms with Crippen molar-refractivity contribution < 1.29 is 22.9 Å². The van der Waals surface area contributed by atoms with Crippen molar-refractivity contribution in [2.75, 3.05) is 17.1 Å². The van der Waals surface area contributed by atoms with Crippen molar-refractivity contribution in [1.82, 2.24) is 10.2 Å². The van der Waals surface area contributed by atoms with Crippen LogP contribution >= 0.6 is 0 Å². The Labute approximate surface area is 241 Å². The molecule has 218 valence electrons. The number of rotatable bonds is 11. The first-order chi connectivity index (χ1) is 19.1. The topological polar surface area (TPSA) is 130 Å². The Morgan fingerprint density at radius 3 is 2.17 bits per heavy atom. The van der Waals surface area contributed by atoms with Crippen LogP contribution in [-0.2, 0) is 32.6 Å². The van der Waals surface area contributed by atoms with Gasteiger partial charge in [-0.1, -0.05) is 66.2 Å². The number of nitrogens with zero attached hydrogens (tertiary/aromatic N) is 3. The van der Waals surface area contributed by atoms with E-state index in [2.05, 4.69) is 5.32 Å². The molecule has 3 rings (SSSR count). The molecule has 0 spiro atoms. The first kappa shape index (κ1) is 31.3. The van der Waals surface area contributed by atoms with E-state index in [0.717, 1.165) is 33.3 Å². The minimum atomic E-state index is -4.04. The highest BCUT2D eigenvalue weighted by Gasteiger charge is 2.34. The second-order valence-corrected chi connectivity index (χ2v) is 12.9. The SMILES string of the molecule is Cc1cccc(CN(C(=O)CN(c2cccc([N+](=O)[O-])c2)S(C)(=O)=O)[C@H](Cc2ccccc2)C(=O)NC(C)(C)C)c1. The van der Waals surface area contributed by atoms with E-state index in [1.54, 1.807) is 0 Å². The van der Waals surface area contributed by atoms with Crippen LogP contribution in [0, 0.1) is 17.0 Å². The minimum Gasteiger partial charge on any atom is -0.350 e. The summed E-state index contributed by atoms with van der Waals surface area (Å²) in [4.78, 5) is 39.9. The van der Waals surface area contributed by atoms with Crippen LogP contribution in [0.3, 0.4) is 0 Å². The van der Waals surface area contributed by atoms with E-state index in [1.165, 1.54) is 23.1 Å². The molecule has 0 fully saturated rings. The van der Waals surface area contributed by atoms with Crippen molar-refractivity contribution in [3.05, 3.63) is 106 Å². The molecule has 41 heavy (non-hydrogen) atoms. The molecule has 0 radical (unpaired) electrons. The normalized spacial score (nSPS) is 12.3. The maximum absolute atomic E-state index is 14.1. The molecule has 11 heteroatoms. The number of nitrogens with one attached hydrogen (secondary N) is 1. The summed E-state index contributed by atoms with van der Waals surface area (Å²) < 4.78 is 26.6. The Bertz CT molecular complexity index is 1500. The van der Waals surface area contributed by atoms with E-state index in [4.69, 9.17) is 0 Å². The smallest absolute Gasteiger partial charge is 0.271 e. The summed E-state index contributed by atoms with van der Waals surface area (Å²) in [5, 5.41) is 14.3. The summed E-state index contributed by atoms with van der Waals surface area (Å²) in [5.74, 6) is -1.02. The fraction of sp³-hybridized carbons (Fsp3) is 0.333. The van der Waals surface area contributed by atoms with E-state index in [1.807, 2.05) is 82.3 Å². The molecular formula is C30H36N4O6S. The van der Waals surface area contributed by atoms with Crippen LogP contribution in [0.25, 0.3) is 0 Å². The molecule has 0 aromatic heterocycles. The third-order valence-corrected chi connectivity index (χ3v) is 7.35. The highest BCUT2D eigenvalue weighted by Crippen LogP contribution is 2.24. The van der Waals surface area contributed by atoms with Crippen LogP contribution in [0.5, 0.6) is 0 Å². The molecule has 3 aromatic carbocycles. The molecule has 0 bridgehead atoms. The van der Waals surface area contributed by atoms with E-state index < -0.39 is 39.0 Å². The van der Waals surface area contributed by atoms with Crippen LogP contribution in [0.15, 0.2) is 78.9 Å². The number of nitro groups is 1. The summed E-state index contributed by atoms with van der Waals surface area (Å²) in [6.45, 7) is 6.82. The van der Waals surface area contributed by atoms with Crippen molar-refractivity contribution in [3.8, 4) is 0 Å². The number of hydrogen-bond donors (Lipinski definition) is 1. The number of amides is 2. The third-order valence-electron chi connectivity index (χ3n) is 6.21. The van der Waals surface area contributed by atoms with Gasteiger partial charge in [0.15, 0.2) is 0 Å². The Balaban J connectivity index is 2.09. The van der Waals surface area contributed by atoms with Crippen molar-refractivity contribution in [2.45, 2.75) is 52.2 Å². The molecule has 1 atom stereocenters. The van der Waals surface area contributed by atoms with Gasteiger partial charge in [-0.25, -0.2) is 8.42 Å². The quantitative estimate of drug-likeness (QED) is 0.267. The Morgan fingerprint density at radius 2 is 1.59 bits per heavy atom. The molecule has 1 N–H and O–H groups in total. The highest BCUT2D eigenvalue weighted by atomic mass is 32.2. The Kier molecular flexibility index (Phi) is 9.88. The molecular weight excluding hydrogens is 544 g/mol. The van der Waals surface area contributed by atoms with Crippen LogP contribution in [0.4, 0.5) is 11.4 Å². The number of nitro benzene ring substituents is 1. The van der Waals surface area contributed by atoms with Crippen molar-refractivity contribution in [1.29, 1.82) is 0 Å². The molecule has 0 unspecified atom stereocenters. The molecule has 2 amide bonds. The monoisotopic (exact) mass is 580 g/mol. The molecule has 10 nitrogen and oxygen atoms in total. The van der Waals surface area contributed by atoms with E-state index in [0.29, 0.717) is 0 Å². The van der Waals surface area contributed by atoms with Gasteiger partial charge < -0.3 is 10.2 Å². The Hall–Kier alpha value is -4.25. The highest BCUT2D eigenvalue weighted by molar-refractivity contribution is 7.92. The van der Waals surface area contributed by atoms with Gasteiger partial charge in [0.2, 0.25) is 21.8 Å². The summed E-state index contributed by atoms with van der Waals surface area (Å²) in [6, 6.07) is 20.9. The largest absolute Gasteiger partial charge is 0.350 e. The number of benzene rings is 3. The number of sulfonamides is 1. The predicted molar refractivity (Wildman–Crippen MR) is 159 cm³/mol. The summed E-state index contributed by atoms with van der Waals surface area (Å²) in [7, 11) is -4.04.